The van der Waals surface area contributed by atoms with E-state index in [0.29, 0.717) is 0 Å². The van der Waals surface area contributed by atoms with Gasteiger partial charge in [0.05, 0.1) is 6.61 Å². The van der Waals surface area contributed by atoms with Gasteiger partial charge in [0.2, 0.25) is 0 Å². The van der Waals surface area contributed by atoms with Crippen LogP contribution in [0.5, 0.6) is 0 Å². The summed E-state index contributed by atoms with van der Waals surface area (Å²) in [6, 6.07) is 17.9. The molecule has 0 saturated heterocycles. The Kier molecular flexibility index (Phi) is 4.13. The highest BCUT2D eigenvalue weighted by molar-refractivity contribution is 9.10. The summed E-state index contributed by atoms with van der Waals surface area (Å²) >= 11 is 3.44. The number of halogens is 1. The molecule has 0 atom stereocenters. The van der Waals surface area contributed by atoms with Crippen molar-refractivity contribution in [3.8, 4) is 0 Å². The van der Waals surface area contributed by atoms with Crippen molar-refractivity contribution in [3.63, 3.8) is 0 Å². The summed E-state index contributed by atoms with van der Waals surface area (Å²) in [6.07, 6.45) is 2.00. The molecule has 17 heavy (non-hydrogen) atoms. The molecule has 0 amide bonds. The molecule has 0 radical (unpaired) electrons. The molecule has 0 aliphatic carbocycles. The minimum absolute atomic E-state index is 0.0331. The third-order valence-corrected chi connectivity index (χ3v) is 3.00. The third kappa shape index (κ3) is 3.29. The van der Waals surface area contributed by atoms with E-state index in [4.69, 9.17) is 0 Å². The normalized spacial score (nSPS) is 11.5. The maximum atomic E-state index is 9.45. The fourth-order valence-corrected chi connectivity index (χ4v) is 2.06. The highest BCUT2D eigenvalue weighted by atomic mass is 79.9. The Balaban J connectivity index is 2.37. The van der Waals surface area contributed by atoms with Crippen LogP contribution in [0.15, 0.2) is 59.1 Å². The van der Waals surface area contributed by atoms with Crippen molar-refractivity contribution < 1.29 is 5.11 Å². The lowest BCUT2D eigenvalue weighted by atomic mass is 10.0. The molecule has 0 aromatic heterocycles. The van der Waals surface area contributed by atoms with Crippen LogP contribution in [0, 0.1) is 0 Å². The molecule has 2 rings (SSSR count). The van der Waals surface area contributed by atoms with Gasteiger partial charge in [0.1, 0.15) is 0 Å². The number of hydrogen-bond donors (Lipinski definition) is 1. The van der Waals surface area contributed by atoms with Crippen molar-refractivity contribution >= 4 is 27.6 Å². The van der Waals surface area contributed by atoms with Crippen molar-refractivity contribution in [2.24, 2.45) is 0 Å². The molecule has 1 nitrogen and oxygen atoms in total. The number of benzene rings is 2. The second-order valence-electron chi connectivity index (χ2n) is 3.75. The highest BCUT2D eigenvalue weighted by Gasteiger charge is 2.01. The molecule has 0 spiro atoms. The average molecular weight is 289 g/mol. The van der Waals surface area contributed by atoms with Gasteiger partial charge in [0.15, 0.2) is 0 Å². The number of aliphatic hydroxyl groups is 1. The zero-order valence-electron chi connectivity index (χ0n) is 9.31. The van der Waals surface area contributed by atoms with E-state index < -0.39 is 0 Å². The second kappa shape index (κ2) is 5.80. The third-order valence-electron chi connectivity index (χ3n) is 2.51. The highest BCUT2D eigenvalue weighted by Crippen LogP contribution is 2.21. The van der Waals surface area contributed by atoms with Crippen LogP contribution in [-0.2, 0) is 0 Å². The molecule has 86 valence electrons. The van der Waals surface area contributed by atoms with E-state index in [9.17, 15) is 5.11 Å². The van der Waals surface area contributed by atoms with E-state index in [-0.39, 0.29) is 6.61 Å². The standard InChI is InChI=1S/C15H13BrO/c16-15-8-4-7-13(10-15)14(11-17)9-12-5-2-1-3-6-12/h1-10,17H,11H2. The number of rotatable bonds is 3. The van der Waals surface area contributed by atoms with Crippen LogP contribution in [-0.4, -0.2) is 11.7 Å². The molecule has 0 aliphatic heterocycles. The Labute approximate surface area is 110 Å². The van der Waals surface area contributed by atoms with Crippen LogP contribution in [0.25, 0.3) is 11.6 Å². The molecule has 0 saturated carbocycles. The summed E-state index contributed by atoms with van der Waals surface area (Å²) in [4.78, 5) is 0. The first-order valence-corrected chi connectivity index (χ1v) is 6.21. The monoisotopic (exact) mass is 288 g/mol. The SMILES string of the molecule is OCC(=Cc1ccccc1)c1cccc(Br)c1. The Morgan fingerprint density at radius 3 is 2.47 bits per heavy atom. The van der Waals surface area contributed by atoms with Gasteiger partial charge >= 0.3 is 0 Å². The zero-order valence-corrected chi connectivity index (χ0v) is 10.9. The topological polar surface area (TPSA) is 20.2 Å². The van der Waals surface area contributed by atoms with E-state index in [1.165, 1.54) is 0 Å². The molecular weight excluding hydrogens is 276 g/mol. The Morgan fingerprint density at radius 1 is 1.06 bits per heavy atom. The van der Waals surface area contributed by atoms with Crippen LogP contribution in [0.3, 0.4) is 0 Å². The van der Waals surface area contributed by atoms with Gasteiger partial charge in [-0.3, -0.25) is 0 Å². The van der Waals surface area contributed by atoms with Crippen molar-refractivity contribution in [1.29, 1.82) is 0 Å². The fraction of sp³-hybridized carbons (Fsp3) is 0.0667. The van der Waals surface area contributed by atoms with E-state index in [0.717, 1.165) is 21.2 Å². The number of aliphatic hydroxyl groups excluding tert-OH is 1. The minimum atomic E-state index is 0.0331. The summed E-state index contributed by atoms with van der Waals surface area (Å²) in [7, 11) is 0. The molecule has 0 bridgehead atoms. The Bertz CT molecular complexity index is 517. The van der Waals surface area contributed by atoms with E-state index >= 15 is 0 Å². The molecule has 0 aliphatic rings. The lowest BCUT2D eigenvalue weighted by Gasteiger charge is -2.05. The molecule has 0 unspecified atom stereocenters. The van der Waals surface area contributed by atoms with Gasteiger partial charge in [0.25, 0.3) is 0 Å². The molecule has 2 aromatic carbocycles. The van der Waals surface area contributed by atoms with Crippen LogP contribution < -0.4 is 0 Å². The van der Waals surface area contributed by atoms with Crippen molar-refractivity contribution in [1.82, 2.24) is 0 Å². The van der Waals surface area contributed by atoms with Gasteiger partial charge in [-0.2, -0.15) is 0 Å². The first-order valence-electron chi connectivity index (χ1n) is 5.42. The zero-order chi connectivity index (χ0) is 12.1. The molecule has 0 heterocycles. The first-order chi connectivity index (χ1) is 8.29. The van der Waals surface area contributed by atoms with Gasteiger partial charge in [0, 0.05) is 4.47 Å². The Hall–Kier alpha value is -1.38. The molecule has 1 N–H and O–H groups in total. The smallest absolute Gasteiger partial charge is 0.0687 e. The quantitative estimate of drug-likeness (QED) is 0.847. The predicted octanol–water partition coefficient (Wildman–Crippen LogP) is 3.98. The molecule has 2 aromatic rings. The van der Waals surface area contributed by atoms with Crippen LogP contribution in [0.4, 0.5) is 0 Å². The summed E-state index contributed by atoms with van der Waals surface area (Å²) in [6.45, 7) is 0.0331. The summed E-state index contributed by atoms with van der Waals surface area (Å²) in [5.41, 5.74) is 3.04. The lowest BCUT2D eigenvalue weighted by Crippen LogP contribution is -1.90. The molecule has 0 fully saturated rings. The average Bonchev–Trinajstić information content (AvgIpc) is 2.37. The van der Waals surface area contributed by atoms with E-state index in [2.05, 4.69) is 15.9 Å². The minimum Gasteiger partial charge on any atom is -0.392 e. The lowest BCUT2D eigenvalue weighted by molar-refractivity contribution is 0.351. The second-order valence-corrected chi connectivity index (χ2v) is 4.66. The van der Waals surface area contributed by atoms with E-state index in [1.807, 2.05) is 60.7 Å². The van der Waals surface area contributed by atoms with Crippen molar-refractivity contribution in [2.45, 2.75) is 0 Å². The van der Waals surface area contributed by atoms with Crippen molar-refractivity contribution in [2.75, 3.05) is 6.61 Å². The van der Waals surface area contributed by atoms with Crippen LogP contribution in [0.1, 0.15) is 11.1 Å². The van der Waals surface area contributed by atoms with Gasteiger partial charge in [-0.1, -0.05) is 58.4 Å². The fourth-order valence-electron chi connectivity index (χ4n) is 1.66. The Morgan fingerprint density at radius 2 is 1.82 bits per heavy atom. The largest absolute Gasteiger partial charge is 0.392 e. The first kappa shape index (κ1) is 12.1. The summed E-state index contributed by atoms with van der Waals surface area (Å²) in [5.74, 6) is 0. The van der Waals surface area contributed by atoms with Crippen molar-refractivity contribution in [3.05, 3.63) is 70.2 Å². The summed E-state index contributed by atoms with van der Waals surface area (Å²) < 4.78 is 1.02. The molecule has 2 heteroatoms. The van der Waals surface area contributed by atoms with Gasteiger partial charge in [-0.25, -0.2) is 0 Å². The summed E-state index contributed by atoms with van der Waals surface area (Å²) in [5, 5.41) is 9.45. The van der Waals surface area contributed by atoms with Gasteiger partial charge in [-0.05, 0) is 34.9 Å². The maximum absolute atomic E-state index is 9.45. The molecular formula is C15H13BrO. The van der Waals surface area contributed by atoms with E-state index in [1.54, 1.807) is 0 Å². The van der Waals surface area contributed by atoms with Gasteiger partial charge < -0.3 is 5.11 Å². The van der Waals surface area contributed by atoms with Crippen LogP contribution >= 0.6 is 15.9 Å². The number of hydrogen-bond acceptors (Lipinski definition) is 1. The van der Waals surface area contributed by atoms with Crippen LogP contribution in [0.2, 0.25) is 0 Å². The predicted molar refractivity (Wildman–Crippen MR) is 75.5 cm³/mol. The maximum Gasteiger partial charge on any atom is 0.0687 e. The van der Waals surface area contributed by atoms with Gasteiger partial charge in [-0.15, -0.1) is 0 Å².